The molecular formula is C17H28O3. The molecular weight excluding hydrogens is 252 g/mol. The SMILES string of the molecule is CC1=CC(CC(C)C)OC=C1.CCCC=COC(C)=O. The van der Waals surface area contributed by atoms with Gasteiger partial charge >= 0.3 is 5.97 Å². The zero-order chi connectivity index (χ0) is 15.4. The number of unbranched alkanes of at least 4 members (excludes halogenated alkanes) is 1. The molecule has 0 aromatic rings. The fourth-order valence-corrected chi connectivity index (χ4v) is 1.60. The van der Waals surface area contributed by atoms with Crippen LogP contribution in [0.15, 0.2) is 36.3 Å². The Kier molecular flexibility index (Phi) is 10.5. The minimum atomic E-state index is -0.262. The summed E-state index contributed by atoms with van der Waals surface area (Å²) in [7, 11) is 0. The lowest BCUT2D eigenvalue weighted by Crippen LogP contribution is -2.12. The zero-order valence-corrected chi connectivity index (χ0v) is 13.4. The molecule has 1 atom stereocenters. The molecule has 0 amide bonds. The van der Waals surface area contributed by atoms with Crippen molar-refractivity contribution in [3.05, 3.63) is 36.3 Å². The van der Waals surface area contributed by atoms with Gasteiger partial charge in [0.05, 0.1) is 12.5 Å². The first-order chi connectivity index (χ1) is 9.45. The highest BCUT2D eigenvalue weighted by molar-refractivity contribution is 5.66. The third-order valence-electron chi connectivity index (χ3n) is 2.52. The zero-order valence-electron chi connectivity index (χ0n) is 13.4. The van der Waals surface area contributed by atoms with E-state index in [0.29, 0.717) is 12.0 Å². The molecule has 1 aliphatic heterocycles. The molecule has 20 heavy (non-hydrogen) atoms. The van der Waals surface area contributed by atoms with E-state index in [1.54, 1.807) is 6.26 Å². The van der Waals surface area contributed by atoms with Crippen molar-refractivity contribution in [3.63, 3.8) is 0 Å². The number of rotatable bonds is 5. The van der Waals surface area contributed by atoms with Gasteiger partial charge in [-0.2, -0.15) is 0 Å². The lowest BCUT2D eigenvalue weighted by molar-refractivity contribution is -0.135. The van der Waals surface area contributed by atoms with Crippen LogP contribution in [0, 0.1) is 5.92 Å². The van der Waals surface area contributed by atoms with Gasteiger partial charge in [0, 0.05) is 6.92 Å². The van der Waals surface area contributed by atoms with E-state index >= 15 is 0 Å². The van der Waals surface area contributed by atoms with E-state index in [2.05, 4.69) is 38.5 Å². The van der Waals surface area contributed by atoms with Crippen LogP contribution < -0.4 is 0 Å². The molecule has 0 saturated carbocycles. The van der Waals surface area contributed by atoms with Crippen LogP contribution in [-0.2, 0) is 14.3 Å². The molecule has 3 heteroatoms. The van der Waals surface area contributed by atoms with Crippen LogP contribution in [0.4, 0.5) is 0 Å². The van der Waals surface area contributed by atoms with Gasteiger partial charge in [-0.15, -0.1) is 0 Å². The van der Waals surface area contributed by atoms with Gasteiger partial charge in [0.1, 0.15) is 6.10 Å². The van der Waals surface area contributed by atoms with E-state index in [0.717, 1.165) is 19.3 Å². The van der Waals surface area contributed by atoms with Crippen molar-refractivity contribution in [2.75, 3.05) is 0 Å². The normalized spacial score (nSPS) is 17.3. The molecule has 0 aromatic heterocycles. The Morgan fingerprint density at radius 2 is 2.20 bits per heavy atom. The molecule has 0 radical (unpaired) electrons. The van der Waals surface area contributed by atoms with Crippen LogP contribution in [0.25, 0.3) is 0 Å². The Hall–Kier alpha value is -1.51. The van der Waals surface area contributed by atoms with Gasteiger partial charge < -0.3 is 9.47 Å². The molecule has 1 unspecified atom stereocenters. The van der Waals surface area contributed by atoms with Crippen molar-refractivity contribution in [1.82, 2.24) is 0 Å². The summed E-state index contributed by atoms with van der Waals surface area (Å²) >= 11 is 0. The Morgan fingerprint density at radius 3 is 2.70 bits per heavy atom. The summed E-state index contributed by atoms with van der Waals surface area (Å²) in [6, 6.07) is 0. The molecule has 0 aliphatic carbocycles. The van der Waals surface area contributed by atoms with Crippen molar-refractivity contribution in [2.45, 2.75) is 60.0 Å². The second kappa shape index (κ2) is 11.3. The van der Waals surface area contributed by atoms with Gasteiger partial charge in [-0.3, -0.25) is 4.79 Å². The first-order valence-electron chi connectivity index (χ1n) is 7.28. The predicted molar refractivity (Wildman–Crippen MR) is 83.0 cm³/mol. The smallest absolute Gasteiger partial charge is 0.307 e. The Bertz CT molecular complexity index is 351. The van der Waals surface area contributed by atoms with Crippen LogP contribution in [-0.4, -0.2) is 12.1 Å². The third-order valence-corrected chi connectivity index (χ3v) is 2.52. The number of carbonyl (C=O) groups excluding carboxylic acids is 1. The molecule has 1 rings (SSSR count). The average molecular weight is 280 g/mol. The molecule has 1 aliphatic rings. The summed E-state index contributed by atoms with van der Waals surface area (Å²) in [6.07, 6.45) is 12.7. The van der Waals surface area contributed by atoms with Gasteiger partial charge in [-0.25, -0.2) is 0 Å². The van der Waals surface area contributed by atoms with Crippen LogP contribution in [0.2, 0.25) is 0 Å². The molecule has 1 heterocycles. The highest BCUT2D eigenvalue weighted by Crippen LogP contribution is 2.15. The van der Waals surface area contributed by atoms with Gasteiger partial charge in [0.25, 0.3) is 0 Å². The topological polar surface area (TPSA) is 35.5 Å². The van der Waals surface area contributed by atoms with Crippen molar-refractivity contribution < 1.29 is 14.3 Å². The fraction of sp³-hybridized carbons (Fsp3) is 0.588. The molecule has 114 valence electrons. The molecule has 0 bridgehead atoms. The van der Waals surface area contributed by atoms with Crippen molar-refractivity contribution in [3.8, 4) is 0 Å². The lowest BCUT2D eigenvalue weighted by Gasteiger charge is -2.18. The number of allylic oxidation sites excluding steroid dienone is 3. The van der Waals surface area contributed by atoms with Crippen molar-refractivity contribution >= 4 is 5.97 Å². The largest absolute Gasteiger partial charge is 0.494 e. The molecule has 0 N–H and O–H groups in total. The summed E-state index contributed by atoms with van der Waals surface area (Å²) in [5.74, 6) is 0.443. The van der Waals surface area contributed by atoms with E-state index in [4.69, 9.17) is 4.74 Å². The fourth-order valence-electron chi connectivity index (χ4n) is 1.60. The molecule has 3 nitrogen and oxygen atoms in total. The van der Waals surface area contributed by atoms with E-state index in [9.17, 15) is 4.79 Å². The van der Waals surface area contributed by atoms with Crippen LogP contribution >= 0.6 is 0 Å². The highest BCUT2D eigenvalue weighted by Gasteiger charge is 2.09. The van der Waals surface area contributed by atoms with Crippen LogP contribution in [0.5, 0.6) is 0 Å². The second-order valence-corrected chi connectivity index (χ2v) is 5.29. The maximum absolute atomic E-state index is 10.1. The number of hydrogen-bond acceptors (Lipinski definition) is 3. The standard InChI is InChI=1S/C10H16O.C7H12O2/c1-8(2)6-10-7-9(3)4-5-11-10;1-3-4-5-6-9-7(2)8/h4-5,7-8,10H,6H2,1-3H3;5-6H,3-4H2,1-2H3. The maximum Gasteiger partial charge on any atom is 0.307 e. The summed E-state index contributed by atoms with van der Waals surface area (Å²) in [4.78, 5) is 10.1. The Morgan fingerprint density at radius 1 is 1.50 bits per heavy atom. The van der Waals surface area contributed by atoms with Crippen LogP contribution in [0.1, 0.15) is 53.9 Å². The van der Waals surface area contributed by atoms with Crippen molar-refractivity contribution in [2.24, 2.45) is 5.92 Å². The minimum absolute atomic E-state index is 0.262. The van der Waals surface area contributed by atoms with E-state index < -0.39 is 0 Å². The monoisotopic (exact) mass is 280 g/mol. The summed E-state index contributed by atoms with van der Waals surface area (Å²) in [6.45, 7) is 9.98. The quantitative estimate of drug-likeness (QED) is 0.538. The highest BCUT2D eigenvalue weighted by atomic mass is 16.5. The van der Waals surface area contributed by atoms with Gasteiger partial charge in [-0.05, 0) is 49.5 Å². The number of carbonyl (C=O) groups is 1. The van der Waals surface area contributed by atoms with Gasteiger partial charge in [0.15, 0.2) is 0 Å². The summed E-state index contributed by atoms with van der Waals surface area (Å²) in [5, 5.41) is 0. The molecule has 0 aromatic carbocycles. The van der Waals surface area contributed by atoms with E-state index in [-0.39, 0.29) is 5.97 Å². The van der Waals surface area contributed by atoms with Crippen LogP contribution in [0.3, 0.4) is 0 Å². The third kappa shape index (κ3) is 11.6. The lowest BCUT2D eigenvalue weighted by atomic mass is 10.0. The predicted octanol–water partition coefficient (Wildman–Crippen LogP) is 4.75. The molecule has 0 spiro atoms. The first kappa shape index (κ1) is 18.5. The first-order valence-corrected chi connectivity index (χ1v) is 7.28. The van der Waals surface area contributed by atoms with Gasteiger partial charge in [-0.1, -0.05) is 27.2 Å². The Labute approximate surface area is 123 Å². The van der Waals surface area contributed by atoms with E-state index in [1.165, 1.54) is 18.8 Å². The number of hydrogen-bond donors (Lipinski definition) is 0. The second-order valence-electron chi connectivity index (χ2n) is 5.29. The molecule has 0 fully saturated rings. The minimum Gasteiger partial charge on any atom is -0.494 e. The van der Waals surface area contributed by atoms with E-state index in [1.807, 2.05) is 12.2 Å². The van der Waals surface area contributed by atoms with Crippen molar-refractivity contribution in [1.29, 1.82) is 0 Å². The summed E-state index contributed by atoms with van der Waals surface area (Å²) < 4.78 is 9.93. The number of esters is 1. The average Bonchev–Trinajstić information content (AvgIpc) is 2.34. The Balaban J connectivity index is 0.000000370. The summed E-state index contributed by atoms with van der Waals surface area (Å²) in [5.41, 5.74) is 1.31. The van der Waals surface area contributed by atoms with Gasteiger partial charge in [0.2, 0.25) is 0 Å². The molecule has 0 saturated heterocycles. The maximum atomic E-state index is 10.1. The number of ether oxygens (including phenoxy) is 2.